The Bertz CT molecular complexity index is 396. The van der Waals surface area contributed by atoms with Gasteiger partial charge in [-0.1, -0.05) is 12.2 Å². The van der Waals surface area contributed by atoms with Gasteiger partial charge in [0.25, 0.3) is 0 Å². The summed E-state index contributed by atoms with van der Waals surface area (Å²) in [6, 6.07) is -0.354. The van der Waals surface area contributed by atoms with Crippen LogP contribution in [0.25, 0.3) is 0 Å². The lowest BCUT2D eigenvalue weighted by molar-refractivity contribution is -0.143. The van der Waals surface area contributed by atoms with Crippen LogP contribution in [-0.2, 0) is 9.53 Å². The Morgan fingerprint density at radius 1 is 1.28 bits per heavy atom. The molecule has 5 heteroatoms. The minimum absolute atomic E-state index is 0.0347. The summed E-state index contributed by atoms with van der Waals surface area (Å²) in [5, 5.41) is 11.9. The second-order valence-electron chi connectivity index (χ2n) is 5.98. The Morgan fingerprint density at radius 2 is 1.89 bits per heavy atom. The van der Waals surface area contributed by atoms with Crippen LogP contribution in [0.5, 0.6) is 0 Å². The van der Waals surface area contributed by atoms with E-state index in [9.17, 15) is 14.7 Å². The number of hydrogen-bond acceptors (Lipinski definition) is 3. The van der Waals surface area contributed by atoms with Crippen molar-refractivity contribution in [3.63, 3.8) is 0 Å². The van der Waals surface area contributed by atoms with Gasteiger partial charge in [0.1, 0.15) is 5.60 Å². The molecule has 2 aliphatic rings. The van der Waals surface area contributed by atoms with Crippen LogP contribution < -0.4 is 5.32 Å². The number of amides is 1. The molecule has 0 spiro atoms. The maximum Gasteiger partial charge on any atom is 0.407 e. The first kappa shape index (κ1) is 12.9. The zero-order valence-electron chi connectivity index (χ0n) is 10.8. The predicted octanol–water partition coefficient (Wildman–Crippen LogP) is 1.79. The average Bonchev–Trinajstić information content (AvgIpc) is 2.73. The summed E-state index contributed by atoms with van der Waals surface area (Å²) >= 11 is 0. The van der Waals surface area contributed by atoms with Crippen LogP contribution >= 0.6 is 0 Å². The third kappa shape index (κ3) is 2.49. The van der Waals surface area contributed by atoms with Crippen molar-refractivity contribution >= 4 is 12.1 Å². The number of alkyl carbamates (subject to hydrolysis) is 1. The molecule has 0 aromatic heterocycles. The van der Waals surface area contributed by atoms with Gasteiger partial charge >= 0.3 is 12.1 Å². The predicted molar refractivity (Wildman–Crippen MR) is 65.0 cm³/mol. The van der Waals surface area contributed by atoms with Gasteiger partial charge in [-0.05, 0) is 39.0 Å². The van der Waals surface area contributed by atoms with E-state index < -0.39 is 23.6 Å². The maximum atomic E-state index is 11.7. The first-order valence-electron chi connectivity index (χ1n) is 6.18. The summed E-state index contributed by atoms with van der Waals surface area (Å²) in [4.78, 5) is 23.0. The molecule has 0 saturated heterocycles. The molecule has 100 valence electrons. The lowest BCUT2D eigenvalue weighted by Gasteiger charge is -2.27. The fourth-order valence-electron chi connectivity index (χ4n) is 2.80. The van der Waals surface area contributed by atoms with Gasteiger partial charge < -0.3 is 15.2 Å². The third-order valence-corrected chi connectivity index (χ3v) is 3.43. The summed E-state index contributed by atoms with van der Waals surface area (Å²) in [6.07, 6.45) is 4.19. The second-order valence-corrected chi connectivity index (χ2v) is 5.98. The van der Waals surface area contributed by atoms with Crippen LogP contribution in [0.4, 0.5) is 4.79 Å². The molecule has 0 unspecified atom stereocenters. The zero-order valence-corrected chi connectivity index (χ0v) is 10.8. The first-order valence-corrected chi connectivity index (χ1v) is 6.18. The van der Waals surface area contributed by atoms with E-state index in [0.29, 0.717) is 0 Å². The van der Waals surface area contributed by atoms with Crippen molar-refractivity contribution in [1.29, 1.82) is 0 Å². The zero-order chi connectivity index (χ0) is 13.5. The SMILES string of the molecule is CC(C)(C)OC(=O)N[C@@H]1[C@@H](C(=O)O)[C@@H]2C=C[C@@H]1C2. The van der Waals surface area contributed by atoms with Crippen LogP contribution in [0, 0.1) is 17.8 Å². The molecule has 2 N–H and O–H groups in total. The number of rotatable bonds is 2. The van der Waals surface area contributed by atoms with E-state index in [1.807, 2.05) is 12.2 Å². The van der Waals surface area contributed by atoms with Crippen LogP contribution in [0.3, 0.4) is 0 Å². The van der Waals surface area contributed by atoms with Crippen molar-refractivity contribution in [2.24, 2.45) is 17.8 Å². The van der Waals surface area contributed by atoms with Crippen molar-refractivity contribution in [2.45, 2.75) is 38.8 Å². The lowest BCUT2D eigenvalue weighted by Crippen LogP contribution is -2.47. The van der Waals surface area contributed by atoms with Gasteiger partial charge in [-0.2, -0.15) is 0 Å². The number of carbonyl (C=O) groups is 2. The van der Waals surface area contributed by atoms with E-state index in [2.05, 4.69) is 5.32 Å². The Labute approximate surface area is 106 Å². The van der Waals surface area contributed by atoms with Crippen LogP contribution in [-0.4, -0.2) is 28.8 Å². The smallest absolute Gasteiger partial charge is 0.407 e. The Balaban J connectivity index is 2.02. The first-order chi connectivity index (χ1) is 8.28. The number of hydrogen-bond donors (Lipinski definition) is 2. The molecule has 0 heterocycles. The number of fused-ring (bicyclic) bond motifs is 2. The number of carboxylic acids is 1. The summed E-state index contributed by atoms with van der Waals surface area (Å²) in [6.45, 7) is 5.34. The fraction of sp³-hybridized carbons (Fsp3) is 0.692. The average molecular weight is 253 g/mol. The van der Waals surface area contributed by atoms with Gasteiger partial charge in [-0.15, -0.1) is 0 Å². The van der Waals surface area contributed by atoms with Crippen LogP contribution in [0.15, 0.2) is 12.2 Å². The molecule has 0 aromatic rings. The fourth-order valence-corrected chi connectivity index (χ4v) is 2.80. The molecule has 18 heavy (non-hydrogen) atoms. The molecule has 2 bridgehead atoms. The van der Waals surface area contributed by atoms with Crippen LogP contribution in [0.2, 0.25) is 0 Å². The normalized spacial score (nSPS) is 33.5. The van der Waals surface area contributed by atoms with E-state index in [1.165, 1.54) is 0 Å². The third-order valence-electron chi connectivity index (χ3n) is 3.43. The van der Waals surface area contributed by atoms with Gasteiger partial charge in [-0.3, -0.25) is 4.79 Å². The van der Waals surface area contributed by atoms with Crippen molar-refractivity contribution in [3.05, 3.63) is 12.2 Å². The molecule has 0 radical (unpaired) electrons. The molecular formula is C13H19NO4. The number of ether oxygens (including phenoxy) is 1. The molecular weight excluding hydrogens is 234 g/mol. The van der Waals surface area contributed by atoms with Crippen molar-refractivity contribution in [2.75, 3.05) is 0 Å². The van der Waals surface area contributed by atoms with E-state index in [-0.39, 0.29) is 17.9 Å². The number of carboxylic acid groups (broad SMARTS) is 1. The van der Waals surface area contributed by atoms with E-state index in [1.54, 1.807) is 20.8 Å². The summed E-state index contributed by atoms with van der Waals surface area (Å²) in [7, 11) is 0. The van der Waals surface area contributed by atoms with Gasteiger partial charge in [0.2, 0.25) is 0 Å². The molecule has 1 saturated carbocycles. The van der Waals surface area contributed by atoms with E-state index in [0.717, 1.165) is 6.42 Å². The number of carbonyl (C=O) groups excluding carboxylic acids is 1. The van der Waals surface area contributed by atoms with Crippen molar-refractivity contribution < 1.29 is 19.4 Å². The molecule has 1 amide bonds. The van der Waals surface area contributed by atoms with Gasteiger partial charge in [0.15, 0.2) is 0 Å². The Hall–Kier alpha value is -1.52. The highest BCUT2D eigenvalue weighted by molar-refractivity contribution is 5.75. The molecule has 4 atom stereocenters. The monoisotopic (exact) mass is 253 g/mol. The quantitative estimate of drug-likeness (QED) is 0.736. The maximum absolute atomic E-state index is 11.7. The lowest BCUT2D eigenvalue weighted by atomic mass is 9.89. The van der Waals surface area contributed by atoms with E-state index >= 15 is 0 Å². The minimum Gasteiger partial charge on any atom is -0.481 e. The van der Waals surface area contributed by atoms with Gasteiger partial charge in [-0.25, -0.2) is 4.79 Å². The Kier molecular flexibility index (Phi) is 3.09. The molecule has 5 nitrogen and oxygen atoms in total. The number of nitrogens with one attached hydrogen (secondary N) is 1. The number of allylic oxidation sites excluding steroid dienone is 1. The van der Waals surface area contributed by atoms with Gasteiger partial charge in [0.05, 0.1) is 12.0 Å². The highest BCUT2D eigenvalue weighted by atomic mass is 16.6. The van der Waals surface area contributed by atoms with Crippen molar-refractivity contribution in [1.82, 2.24) is 5.32 Å². The van der Waals surface area contributed by atoms with E-state index in [4.69, 9.17) is 4.74 Å². The largest absolute Gasteiger partial charge is 0.481 e. The molecule has 0 aliphatic heterocycles. The Morgan fingerprint density at radius 3 is 2.44 bits per heavy atom. The summed E-state index contributed by atoms with van der Waals surface area (Å²) in [5.74, 6) is -1.24. The van der Waals surface area contributed by atoms with Crippen molar-refractivity contribution in [3.8, 4) is 0 Å². The number of aliphatic carboxylic acids is 1. The highest BCUT2D eigenvalue weighted by Gasteiger charge is 2.49. The minimum atomic E-state index is -0.854. The van der Waals surface area contributed by atoms with Gasteiger partial charge in [0, 0.05) is 0 Å². The molecule has 1 fully saturated rings. The standard InChI is InChI=1S/C13H19NO4/c1-13(2,3)18-12(17)14-10-8-5-4-7(6-8)9(10)11(15)16/h4-5,7-10H,6H2,1-3H3,(H,14,17)(H,15,16)/t7-,8-,9+,10+/m1/s1. The molecule has 2 aliphatic carbocycles. The second kappa shape index (κ2) is 4.30. The summed E-state index contributed by atoms with van der Waals surface area (Å²) in [5.41, 5.74) is -0.573. The summed E-state index contributed by atoms with van der Waals surface area (Å²) < 4.78 is 5.17. The highest BCUT2D eigenvalue weighted by Crippen LogP contribution is 2.43. The topological polar surface area (TPSA) is 75.6 Å². The molecule has 2 rings (SSSR count). The molecule has 0 aromatic carbocycles. The van der Waals surface area contributed by atoms with Crippen LogP contribution in [0.1, 0.15) is 27.2 Å².